The molecule has 1 amide bonds. The first kappa shape index (κ1) is 19.4. The van der Waals surface area contributed by atoms with Gasteiger partial charge in [0.05, 0.1) is 0 Å². The van der Waals surface area contributed by atoms with Crippen molar-refractivity contribution < 1.29 is 19.5 Å². The lowest BCUT2D eigenvalue weighted by atomic mass is 9.77. The fourth-order valence-corrected chi connectivity index (χ4v) is 1.82. The Balaban J connectivity index is 0. The summed E-state index contributed by atoms with van der Waals surface area (Å²) in [6.07, 6.45) is 3.34. The van der Waals surface area contributed by atoms with Crippen molar-refractivity contribution in [1.82, 2.24) is 5.32 Å². The van der Waals surface area contributed by atoms with Gasteiger partial charge in [-0.15, -0.1) is 0 Å². The highest BCUT2D eigenvalue weighted by Crippen LogP contribution is 2.32. The van der Waals surface area contributed by atoms with Crippen molar-refractivity contribution in [1.29, 1.82) is 5.41 Å². The van der Waals surface area contributed by atoms with E-state index in [1.54, 1.807) is 13.0 Å². The summed E-state index contributed by atoms with van der Waals surface area (Å²) in [6.45, 7) is 8.52. The van der Waals surface area contributed by atoms with E-state index in [1.165, 1.54) is 5.57 Å². The topological polar surface area (TPSA) is 107 Å². The van der Waals surface area contributed by atoms with E-state index in [4.69, 9.17) is 15.3 Å². The number of ketones is 1. The number of carbonyl (C=O) groups is 2. The molecule has 0 bridgehead atoms. The van der Waals surface area contributed by atoms with Gasteiger partial charge in [-0.2, -0.15) is 0 Å². The SMILES string of the molecule is CC1=CC(=O)CC(C)(C)C1.CCNC(=O)O.N=C=O. The Morgan fingerprint density at radius 3 is 2.21 bits per heavy atom. The molecule has 0 aromatic carbocycles. The molecule has 19 heavy (non-hydrogen) atoms. The normalized spacial score (nSPS) is 15.6. The van der Waals surface area contributed by atoms with Crippen LogP contribution >= 0.6 is 0 Å². The summed E-state index contributed by atoms with van der Waals surface area (Å²) in [5.74, 6) is 0.286. The van der Waals surface area contributed by atoms with Gasteiger partial charge < -0.3 is 10.4 Å². The summed E-state index contributed by atoms with van der Waals surface area (Å²) < 4.78 is 0. The number of carboxylic acid groups (broad SMARTS) is 1. The quantitative estimate of drug-likeness (QED) is 0.502. The van der Waals surface area contributed by atoms with Crippen molar-refractivity contribution in [3.05, 3.63) is 11.6 Å². The Morgan fingerprint density at radius 2 is 2.00 bits per heavy atom. The minimum absolute atomic E-state index is 0.204. The zero-order chi connectivity index (χ0) is 15.5. The molecular formula is C13H22N2O4. The Bertz CT molecular complexity index is 367. The zero-order valence-electron chi connectivity index (χ0n) is 11.9. The molecular weight excluding hydrogens is 248 g/mol. The summed E-state index contributed by atoms with van der Waals surface area (Å²) in [4.78, 5) is 28.8. The van der Waals surface area contributed by atoms with Gasteiger partial charge in [-0.3, -0.25) is 4.79 Å². The van der Waals surface area contributed by atoms with Gasteiger partial charge in [-0.25, -0.2) is 15.0 Å². The fraction of sp³-hybridized carbons (Fsp3) is 0.615. The summed E-state index contributed by atoms with van der Waals surface area (Å²) in [6, 6.07) is 0. The molecule has 6 nitrogen and oxygen atoms in total. The fourth-order valence-electron chi connectivity index (χ4n) is 1.82. The van der Waals surface area contributed by atoms with Crippen LogP contribution in [0.4, 0.5) is 4.79 Å². The van der Waals surface area contributed by atoms with Crippen molar-refractivity contribution in [2.75, 3.05) is 6.54 Å². The molecule has 0 spiro atoms. The summed E-state index contributed by atoms with van der Waals surface area (Å²) in [5.41, 5.74) is 1.43. The van der Waals surface area contributed by atoms with Crippen molar-refractivity contribution in [3.8, 4) is 0 Å². The van der Waals surface area contributed by atoms with Gasteiger partial charge in [0.2, 0.25) is 6.08 Å². The first-order valence-electron chi connectivity index (χ1n) is 5.89. The Kier molecular flexibility index (Phi) is 10.2. The van der Waals surface area contributed by atoms with E-state index in [9.17, 15) is 9.59 Å². The highest BCUT2D eigenvalue weighted by atomic mass is 16.4. The maximum absolute atomic E-state index is 11.0. The van der Waals surface area contributed by atoms with Crippen LogP contribution in [0.1, 0.15) is 40.5 Å². The lowest BCUT2D eigenvalue weighted by molar-refractivity contribution is -0.117. The molecule has 0 radical (unpaired) electrons. The van der Waals surface area contributed by atoms with E-state index >= 15 is 0 Å². The van der Waals surface area contributed by atoms with Gasteiger partial charge in [-0.05, 0) is 31.8 Å². The van der Waals surface area contributed by atoms with E-state index in [-0.39, 0.29) is 11.2 Å². The Morgan fingerprint density at radius 1 is 1.53 bits per heavy atom. The highest BCUT2D eigenvalue weighted by Gasteiger charge is 2.25. The maximum Gasteiger partial charge on any atom is 0.404 e. The number of nitrogens with one attached hydrogen (secondary N) is 2. The van der Waals surface area contributed by atoms with Gasteiger partial charge >= 0.3 is 6.09 Å². The number of rotatable bonds is 1. The highest BCUT2D eigenvalue weighted by molar-refractivity contribution is 5.91. The van der Waals surface area contributed by atoms with Crippen LogP contribution < -0.4 is 5.32 Å². The number of isocyanates is 1. The standard InChI is InChI=1S/C9H14O.C3H7NO2.CHNO/c1-7-4-8(10)6-9(2,3)5-7;1-2-4-3(5)6;2-1-3/h4H,5-6H2,1-3H3;4H,2H2,1H3,(H,5,6);2H. The van der Waals surface area contributed by atoms with Crippen molar-refractivity contribution in [2.45, 2.75) is 40.5 Å². The van der Waals surface area contributed by atoms with Crippen molar-refractivity contribution >= 4 is 18.0 Å². The molecule has 0 unspecified atom stereocenters. The van der Waals surface area contributed by atoms with Crippen LogP contribution in [0.2, 0.25) is 0 Å². The van der Waals surface area contributed by atoms with E-state index in [0.29, 0.717) is 13.0 Å². The smallest absolute Gasteiger partial charge is 0.404 e. The third kappa shape index (κ3) is 14.0. The molecule has 1 aliphatic carbocycles. The Labute approximate surface area is 113 Å². The minimum Gasteiger partial charge on any atom is -0.465 e. The van der Waals surface area contributed by atoms with E-state index in [1.807, 2.05) is 6.92 Å². The predicted molar refractivity (Wildman–Crippen MR) is 71.9 cm³/mol. The van der Waals surface area contributed by atoms with E-state index in [2.05, 4.69) is 19.2 Å². The molecule has 0 aliphatic heterocycles. The summed E-state index contributed by atoms with van der Waals surface area (Å²) in [5, 5.41) is 15.3. The Hall–Kier alpha value is -1.94. The van der Waals surface area contributed by atoms with Crippen LogP contribution in [0.15, 0.2) is 11.6 Å². The molecule has 1 aliphatic rings. The number of amides is 1. The van der Waals surface area contributed by atoms with Gasteiger partial charge in [-0.1, -0.05) is 19.4 Å². The number of hydrogen-bond donors (Lipinski definition) is 3. The van der Waals surface area contributed by atoms with Crippen LogP contribution in [-0.4, -0.2) is 29.6 Å². The largest absolute Gasteiger partial charge is 0.465 e. The first-order valence-corrected chi connectivity index (χ1v) is 5.89. The van der Waals surface area contributed by atoms with E-state index < -0.39 is 6.09 Å². The van der Waals surface area contributed by atoms with Crippen molar-refractivity contribution in [2.24, 2.45) is 5.41 Å². The number of allylic oxidation sites excluding steroid dienone is 2. The molecule has 108 valence electrons. The molecule has 0 saturated carbocycles. The lowest BCUT2D eigenvalue weighted by Gasteiger charge is -2.27. The third-order valence-electron chi connectivity index (χ3n) is 2.15. The zero-order valence-corrected chi connectivity index (χ0v) is 11.9. The molecule has 3 N–H and O–H groups in total. The number of hydrogen-bond acceptors (Lipinski definition) is 4. The lowest BCUT2D eigenvalue weighted by Crippen LogP contribution is -2.20. The van der Waals surface area contributed by atoms with Crippen LogP contribution in [-0.2, 0) is 9.59 Å². The average molecular weight is 270 g/mol. The summed E-state index contributed by atoms with van der Waals surface area (Å²) >= 11 is 0. The monoisotopic (exact) mass is 270 g/mol. The third-order valence-corrected chi connectivity index (χ3v) is 2.15. The van der Waals surface area contributed by atoms with Gasteiger partial charge in [0.25, 0.3) is 0 Å². The molecule has 0 saturated heterocycles. The molecule has 0 heterocycles. The van der Waals surface area contributed by atoms with Crippen LogP contribution in [0.25, 0.3) is 0 Å². The second kappa shape index (κ2) is 10.0. The minimum atomic E-state index is -0.961. The van der Waals surface area contributed by atoms with Gasteiger partial charge in [0.15, 0.2) is 5.78 Å². The molecule has 0 aromatic heterocycles. The molecule has 0 fully saturated rings. The molecule has 6 heteroatoms. The van der Waals surface area contributed by atoms with Crippen LogP contribution in [0.5, 0.6) is 0 Å². The number of carbonyl (C=O) groups excluding carboxylic acids is 2. The maximum atomic E-state index is 11.0. The summed E-state index contributed by atoms with van der Waals surface area (Å²) in [7, 11) is 0. The van der Waals surface area contributed by atoms with Gasteiger partial charge in [0, 0.05) is 13.0 Å². The predicted octanol–water partition coefficient (Wildman–Crippen LogP) is 2.50. The van der Waals surface area contributed by atoms with Gasteiger partial charge in [0.1, 0.15) is 0 Å². The molecule has 1 rings (SSSR count). The average Bonchev–Trinajstić information content (AvgIpc) is 2.14. The molecule has 0 aromatic rings. The first-order chi connectivity index (χ1) is 8.68. The van der Waals surface area contributed by atoms with E-state index in [0.717, 1.165) is 12.5 Å². The molecule has 0 atom stereocenters. The second-order valence-corrected chi connectivity index (χ2v) is 4.91. The van der Waals surface area contributed by atoms with Crippen LogP contribution in [0.3, 0.4) is 0 Å². The van der Waals surface area contributed by atoms with Crippen molar-refractivity contribution in [3.63, 3.8) is 0 Å². The van der Waals surface area contributed by atoms with Crippen LogP contribution in [0, 0.1) is 10.8 Å². The second-order valence-electron chi connectivity index (χ2n) is 4.91.